The lowest BCUT2D eigenvalue weighted by molar-refractivity contribution is -0.136. The van der Waals surface area contributed by atoms with Crippen LogP contribution in [0.5, 0.6) is 0 Å². The van der Waals surface area contributed by atoms with E-state index in [4.69, 9.17) is 27.6 Å². The van der Waals surface area contributed by atoms with Crippen LogP contribution in [0.3, 0.4) is 0 Å². The average molecular weight is 572 g/mol. The fourth-order valence-electron chi connectivity index (χ4n) is 6.20. The van der Waals surface area contributed by atoms with Crippen molar-refractivity contribution >= 4 is 33.4 Å². The van der Waals surface area contributed by atoms with Crippen LogP contribution in [0.2, 0.25) is 10.0 Å². The van der Waals surface area contributed by atoms with Crippen molar-refractivity contribution in [3.05, 3.63) is 63.8 Å². The van der Waals surface area contributed by atoms with Crippen LogP contribution in [0.1, 0.15) is 24.0 Å². The first-order valence-corrected chi connectivity index (χ1v) is 14.0. The second-order valence-corrected chi connectivity index (χ2v) is 12.6. The van der Waals surface area contributed by atoms with Crippen LogP contribution in [0, 0.1) is 11.8 Å². The molecule has 12 heteroatoms. The molecule has 0 amide bonds. The molecule has 2 aliphatic carbocycles. The molecule has 2 heterocycles. The average Bonchev–Trinajstić information content (AvgIpc) is 3.42. The maximum Gasteiger partial charge on any atom is 0.402 e. The summed E-state index contributed by atoms with van der Waals surface area (Å²) in [7, 11) is -4.22. The SMILES string of the molecule is O=S1(=O)N[C@@]2(CN1CC(F)(F)F)[C@@H]1CC[C@H]2Cc2ccc(-c3ncc(-c4ccc(Cl)cc4Cl)o3)cc2C1. The van der Waals surface area contributed by atoms with E-state index in [-0.39, 0.29) is 18.4 Å². The van der Waals surface area contributed by atoms with Gasteiger partial charge in [-0.1, -0.05) is 29.3 Å². The Labute approximate surface area is 222 Å². The first-order valence-electron chi connectivity index (χ1n) is 11.8. The maximum atomic E-state index is 13.1. The smallest absolute Gasteiger partial charge is 0.402 e. The van der Waals surface area contributed by atoms with Crippen molar-refractivity contribution in [2.75, 3.05) is 13.1 Å². The minimum atomic E-state index is -4.60. The van der Waals surface area contributed by atoms with Gasteiger partial charge in [0.1, 0.15) is 6.54 Å². The summed E-state index contributed by atoms with van der Waals surface area (Å²) in [6.45, 7) is -1.65. The Morgan fingerprint density at radius 1 is 1.08 bits per heavy atom. The number of hydrogen-bond acceptors (Lipinski definition) is 4. The molecule has 0 unspecified atom stereocenters. The molecule has 2 fully saturated rings. The topological polar surface area (TPSA) is 75.4 Å². The van der Waals surface area contributed by atoms with E-state index in [9.17, 15) is 21.6 Å². The summed E-state index contributed by atoms with van der Waals surface area (Å²) < 4.78 is 73.9. The van der Waals surface area contributed by atoms with Crippen LogP contribution in [0.25, 0.3) is 22.8 Å². The summed E-state index contributed by atoms with van der Waals surface area (Å²) >= 11 is 12.3. The van der Waals surface area contributed by atoms with Gasteiger partial charge in [0.05, 0.1) is 16.8 Å². The van der Waals surface area contributed by atoms with Crippen molar-refractivity contribution in [1.82, 2.24) is 14.0 Å². The number of oxazole rings is 1. The van der Waals surface area contributed by atoms with Gasteiger partial charge in [-0.05, 0) is 79.0 Å². The van der Waals surface area contributed by atoms with E-state index in [1.165, 1.54) is 0 Å². The van der Waals surface area contributed by atoms with Crippen LogP contribution >= 0.6 is 23.2 Å². The summed E-state index contributed by atoms with van der Waals surface area (Å²) in [5.41, 5.74) is 2.60. The molecule has 2 aromatic carbocycles. The molecule has 1 saturated carbocycles. The third-order valence-electron chi connectivity index (χ3n) is 7.86. The van der Waals surface area contributed by atoms with E-state index in [2.05, 4.69) is 9.71 Å². The molecule has 1 spiro atoms. The zero-order valence-corrected chi connectivity index (χ0v) is 21.7. The van der Waals surface area contributed by atoms with Crippen molar-refractivity contribution in [2.45, 2.75) is 37.4 Å². The van der Waals surface area contributed by atoms with Crippen LogP contribution in [-0.4, -0.2) is 42.5 Å². The lowest BCUT2D eigenvalue weighted by atomic mass is 9.79. The van der Waals surface area contributed by atoms with Crippen LogP contribution in [0.4, 0.5) is 13.2 Å². The van der Waals surface area contributed by atoms with Gasteiger partial charge in [-0.15, -0.1) is 0 Å². The Hall–Kier alpha value is -2.11. The van der Waals surface area contributed by atoms with E-state index in [1.807, 2.05) is 18.2 Å². The molecule has 0 radical (unpaired) electrons. The molecule has 1 aliphatic heterocycles. The van der Waals surface area contributed by atoms with E-state index >= 15 is 0 Å². The van der Waals surface area contributed by atoms with Gasteiger partial charge in [0.25, 0.3) is 10.2 Å². The largest absolute Gasteiger partial charge is 0.436 e. The predicted octanol–water partition coefficient (Wildman–Crippen LogP) is 5.89. The first-order chi connectivity index (χ1) is 17.4. The van der Waals surface area contributed by atoms with Crippen LogP contribution in [0.15, 0.2) is 47.0 Å². The molecule has 2 bridgehead atoms. The third kappa shape index (κ3) is 4.46. The zero-order chi connectivity index (χ0) is 26.2. The lowest BCUT2D eigenvalue weighted by Gasteiger charge is -2.33. The molecule has 1 N–H and O–H groups in total. The lowest BCUT2D eigenvalue weighted by Crippen LogP contribution is -2.52. The second kappa shape index (κ2) is 8.71. The van der Waals surface area contributed by atoms with Crippen molar-refractivity contribution in [1.29, 1.82) is 0 Å². The Morgan fingerprint density at radius 2 is 1.81 bits per heavy atom. The Morgan fingerprint density at radius 3 is 2.51 bits per heavy atom. The van der Waals surface area contributed by atoms with E-state index < -0.39 is 28.5 Å². The van der Waals surface area contributed by atoms with Gasteiger partial charge < -0.3 is 4.42 Å². The summed E-state index contributed by atoms with van der Waals surface area (Å²) in [6, 6.07) is 11.0. The number of hydrogen-bond donors (Lipinski definition) is 1. The molecule has 6 nitrogen and oxygen atoms in total. The summed E-state index contributed by atoms with van der Waals surface area (Å²) in [5, 5.41) is 0.953. The number of nitrogens with one attached hydrogen (secondary N) is 1. The molecule has 37 heavy (non-hydrogen) atoms. The zero-order valence-electron chi connectivity index (χ0n) is 19.4. The van der Waals surface area contributed by atoms with Gasteiger partial charge in [-0.3, -0.25) is 0 Å². The van der Waals surface area contributed by atoms with Gasteiger partial charge in [0.15, 0.2) is 5.76 Å². The number of aromatic nitrogens is 1. The fraction of sp³-hybridized carbons (Fsp3) is 0.400. The molecule has 196 valence electrons. The minimum Gasteiger partial charge on any atom is -0.436 e. The molecule has 1 aromatic heterocycles. The summed E-state index contributed by atoms with van der Waals surface area (Å²) in [5.74, 6) is 0.702. The molecular weight excluding hydrogens is 550 g/mol. The van der Waals surface area contributed by atoms with Crippen molar-refractivity contribution in [3.8, 4) is 22.8 Å². The number of alkyl halides is 3. The minimum absolute atomic E-state index is 0.0852. The standard InChI is InChI=1S/C25H22Cl2F3N3O3S/c26-19-5-6-20(21(27)10-19)22-11-31-23(36-22)15-2-1-14-8-17-3-4-18(9-16(14)7-15)24(17)12-33(13-25(28,29)30)37(34,35)32-24/h1-2,5-7,10-11,17-18,32H,3-4,8-9,12-13H2/t17-,18+,24+/m0/s1. The van der Waals surface area contributed by atoms with Crippen molar-refractivity contribution in [2.24, 2.45) is 11.8 Å². The quantitative estimate of drug-likeness (QED) is 0.425. The summed E-state index contributed by atoms with van der Waals surface area (Å²) in [4.78, 5) is 4.42. The highest BCUT2D eigenvalue weighted by molar-refractivity contribution is 7.87. The summed E-state index contributed by atoms with van der Waals surface area (Å²) in [6.07, 6.45) is -0.360. The highest BCUT2D eigenvalue weighted by atomic mass is 35.5. The maximum absolute atomic E-state index is 13.1. The van der Waals surface area contributed by atoms with Gasteiger partial charge in [0.2, 0.25) is 5.89 Å². The molecule has 6 rings (SSSR count). The van der Waals surface area contributed by atoms with Crippen LogP contribution < -0.4 is 4.72 Å². The molecule has 1 saturated heterocycles. The third-order valence-corrected chi connectivity index (χ3v) is 9.99. The molecule has 3 aromatic rings. The predicted molar refractivity (Wildman–Crippen MR) is 133 cm³/mol. The van der Waals surface area contributed by atoms with Crippen molar-refractivity contribution in [3.63, 3.8) is 0 Å². The van der Waals surface area contributed by atoms with Crippen molar-refractivity contribution < 1.29 is 26.0 Å². The second-order valence-electron chi connectivity index (χ2n) is 10.0. The van der Waals surface area contributed by atoms with E-state index in [0.717, 1.165) is 29.5 Å². The van der Waals surface area contributed by atoms with Crippen LogP contribution in [-0.2, 0) is 23.1 Å². The number of nitrogens with zero attached hydrogens (tertiary/aromatic N) is 2. The highest BCUT2D eigenvalue weighted by Crippen LogP contribution is 2.51. The Bertz CT molecular complexity index is 1490. The van der Waals surface area contributed by atoms with Gasteiger partial charge in [-0.25, -0.2) is 4.98 Å². The molecule has 3 atom stereocenters. The first kappa shape index (κ1) is 25.2. The number of fused-ring (bicyclic) bond motifs is 1. The molecule has 3 aliphatic rings. The van der Waals surface area contributed by atoms with Gasteiger partial charge >= 0.3 is 6.18 Å². The fourth-order valence-corrected chi connectivity index (χ4v) is 8.41. The number of benzene rings is 2. The Kier molecular flexibility index (Phi) is 5.93. The number of rotatable bonds is 3. The van der Waals surface area contributed by atoms with Gasteiger partial charge in [0, 0.05) is 22.7 Å². The van der Waals surface area contributed by atoms with Gasteiger partial charge in [-0.2, -0.15) is 30.6 Å². The normalized spacial score (nSPS) is 26.9. The highest BCUT2D eigenvalue weighted by Gasteiger charge is 2.60. The van der Waals surface area contributed by atoms with E-state index in [0.29, 0.717) is 44.4 Å². The monoisotopic (exact) mass is 571 g/mol. The number of halogens is 5. The molecular formula is C25H22Cl2F3N3O3S. The Balaban J connectivity index is 1.29. The van der Waals surface area contributed by atoms with E-state index in [1.54, 1.807) is 24.4 Å².